The van der Waals surface area contributed by atoms with Crippen LogP contribution in [0.2, 0.25) is 0 Å². The minimum Gasteiger partial charge on any atom is -0.482 e. The number of likely N-dealkylation sites (N-methyl/N-ethyl adjacent to an activating group) is 1. The number of amides is 1. The lowest BCUT2D eigenvalue weighted by Crippen LogP contribution is -2.46. The highest BCUT2D eigenvalue weighted by Gasteiger charge is 2.25. The van der Waals surface area contributed by atoms with Crippen LogP contribution in [-0.4, -0.2) is 65.0 Å². The number of imidazole rings is 1. The summed E-state index contributed by atoms with van der Waals surface area (Å²) in [6.07, 6.45) is 3.77. The Hall–Kier alpha value is -4.11. The number of hydrogen-bond donors (Lipinski definition) is 1. The van der Waals surface area contributed by atoms with E-state index in [1.54, 1.807) is 11.9 Å². The first kappa shape index (κ1) is 21.4. The van der Waals surface area contributed by atoms with Crippen LogP contribution in [0.5, 0.6) is 5.75 Å². The van der Waals surface area contributed by atoms with Crippen molar-refractivity contribution in [3.8, 4) is 17.0 Å². The maximum absolute atomic E-state index is 12.2. The molecule has 9 heteroatoms. The average molecular weight is 470 g/mol. The maximum Gasteiger partial charge on any atom is 0.264 e. The Bertz CT molecular complexity index is 1390. The van der Waals surface area contributed by atoms with Crippen LogP contribution in [0.4, 0.5) is 17.2 Å². The van der Waals surface area contributed by atoms with Gasteiger partial charge < -0.3 is 24.7 Å². The molecule has 1 amide bonds. The van der Waals surface area contributed by atoms with Gasteiger partial charge in [0.2, 0.25) is 0 Å². The number of ether oxygens (including phenoxy) is 1. The third kappa shape index (κ3) is 3.93. The quantitative estimate of drug-likeness (QED) is 0.491. The van der Waals surface area contributed by atoms with Crippen LogP contribution in [0, 0.1) is 0 Å². The molecule has 1 aromatic carbocycles. The molecule has 0 radical (unpaired) electrons. The zero-order valence-electron chi connectivity index (χ0n) is 19.6. The molecule has 4 aromatic rings. The summed E-state index contributed by atoms with van der Waals surface area (Å²) in [5.74, 6) is 1.66. The number of benzene rings is 1. The van der Waals surface area contributed by atoms with Crippen molar-refractivity contribution in [2.75, 3.05) is 55.4 Å². The number of hydrogen-bond acceptors (Lipinski definition) is 7. The SMILES string of the molecule is CN1C(=O)COc2ccc(-c3nc4ccc(N)cn4c3CN3CCN(c4ccccn4)CC3)cc21. The normalized spacial score (nSPS) is 16.4. The lowest BCUT2D eigenvalue weighted by Gasteiger charge is -2.35. The molecule has 1 saturated heterocycles. The molecule has 178 valence electrons. The van der Waals surface area contributed by atoms with Gasteiger partial charge in [-0.2, -0.15) is 0 Å². The Labute approximate surface area is 203 Å². The number of aromatic nitrogens is 3. The Morgan fingerprint density at radius 1 is 1.06 bits per heavy atom. The molecule has 0 aliphatic carbocycles. The lowest BCUT2D eigenvalue weighted by atomic mass is 10.1. The molecule has 0 unspecified atom stereocenters. The van der Waals surface area contributed by atoms with Gasteiger partial charge in [-0.15, -0.1) is 0 Å². The summed E-state index contributed by atoms with van der Waals surface area (Å²) < 4.78 is 7.70. The van der Waals surface area contributed by atoms with Crippen LogP contribution in [-0.2, 0) is 11.3 Å². The monoisotopic (exact) mass is 469 g/mol. The fourth-order valence-electron chi connectivity index (χ4n) is 4.80. The summed E-state index contributed by atoms with van der Waals surface area (Å²) in [7, 11) is 1.78. The first-order valence-corrected chi connectivity index (χ1v) is 11.8. The standard InChI is InChI=1S/C26H27N7O2/c1-30-20-14-18(5-7-22(20)35-17-25(30)34)26-21(33-15-19(27)6-8-24(33)29-26)16-31-10-12-32(13-11-31)23-4-2-3-9-28-23/h2-9,14-15H,10-13,16-17,27H2,1H3. The van der Waals surface area contributed by atoms with E-state index >= 15 is 0 Å². The van der Waals surface area contributed by atoms with Crippen molar-refractivity contribution in [3.63, 3.8) is 0 Å². The van der Waals surface area contributed by atoms with E-state index in [0.29, 0.717) is 11.4 Å². The molecule has 5 heterocycles. The number of anilines is 3. The van der Waals surface area contributed by atoms with Crippen LogP contribution in [0.25, 0.3) is 16.9 Å². The van der Waals surface area contributed by atoms with E-state index in [0.717, 1.165) is 66.8 Å². The van der Waals surface area contributed by atoms with Crippen LogP contribution < -0.4 is 20.3 Å². The second-order valence-electron chi connectivity index (χ2n) is 8.97. The number of pyridine rings is 2. The van der Waals surface area contributed by atoms with Gasteiger partial charge >= 0.3 is 0 Å². The molecule has 2 aliphatic rings. The van der Waals surface area contributed by atoms with Gasteiger partial charge in [0.1, 0.15) is 17.2 Å². The summed E-state index contributed by atoms with van der Waals surface area (Å²) in [4.78, 5) is 28.1. The number of nitrogens with two attached hydrogens (primary N) is 1. The van der Waals surface area contributed by atoms with Crippen molar-refractivity contribution in [2.45, 2.75) is 6.54 Å². The number of fused-ring (bicyclic) bond motifs is 2. The van der Waals surface area contributed by atoms with Crippen molar-refractivity contribution < 1.29 is 9.53 Å². The van der Waals surface area contributed by atoms with Crippen LogP contribution >= 0.6 is 0 Å². The van der Waals surface area contributed by atoms with Gasteiger partial charge in [0.05, 0.1) is 17.1 Å². The number of carbonyl (C=O) groups excluding carboxylic acids is 1. The maximum atomic E-state index is 12.2. The Morgan fingerprint density at radius 3 is 2.71 bits per heavy atom. The molecule has 0 saturated carbocycles. The number of nitrogens with zero attached hydrogens (tertiary/aromatic N) is 6. The molecule has 2 N–H and O–H groups in total. The summed E-state index contributed by atoms with van der Waals surface area (Å²) in [5.41, 5.74) is 11.3. The predicted octanol–water partition coefficient (Wildman–Crippen LogP) is 2.66. The topological polar surface area (TPSA) is 92.2 Å². The van der Waals surface area contributed by atoms with Crippen molar-refractivity contribution in [2.24, 2.45) is 0 Å². The van der Waals surface area contributed by atoms with E-state index in [1.165, 1.54) is 0 Å². The highest BCUT2D eigenvalue weighted by atomic mass is 16.5. The summed E-state index contributed by atoms with van der Waals surface area (Å²) in [5, 5.41) is 0. The van der Waals surface area contributed by atoms with Gasteiger partial charge in [0.25, 0.3) is 5.91 Å². The van der Waals surface area contributed by atoms with Crippen LogP contribution in [0.3, 0.4) is 0 Å². The molecule has 0 bridgehead atoms. The second-order valence-corrected chi connectivity index (χ2v) is 8.97. The summed E-state index contributed by atoms with van der Waals surface area (Å²) in [6.45, 7) is 4.45. The van der Waals surface area contributed by atoms with Crippen molar-refractivity contribution in [1.29, 1.82) is 0 Å². The Morgan fingerprint density at radius 2 is 1.91 bits per heavy atom. The second kappa shape index (κ2) is 8.59. The molecule has 1 fully saturated rings. The molecular formula is C26H27N7O2. The molecule has 0 spiro atoms. The minimum atomic E-state index is -0.0663. The van der Waals surface area contributed by atoms with Gasteiger partial charge in [0.15, 0.2) is 6.61 Å². The molecule has 6 rings (SSSR count). The fourth-order valence-corrected chi connectivity index (χ4v) is 4.80. The van der Waals surface area contributed by atoms with Gasteiger partial charge in [0, 0.05) is 63.4 Å². The number of piperazine rings is 1. The smallest absolute Gasteiger partial charge is 0.264 e. The van der Waals surface area contributed by atoms with E-state index in [1.807, 2.05) is 54.9 Å². The highest BCUT2D eigenvalue weighted by molar-refractivity contribution is 5.98. The van der Waals surface area contributed by atoms with Crippen LogP contribution in [0.1, 0.15) is 5.69 Å². The molecular weight excluding hydrogens is 442 g/mol. The molecule has 2 aliphatic heterocycles. The highest BCUT2D eigenvalue weighted by Crippen LogP contribution is 2.36. The van der Waals surface area contributed by atoms with E-state index < -0.39 is 0 Å². The van der Waals surface area contributed by atoms with Crippen LogP contribution in [0.15, 0.2) is 60.9 Å². The number of nitrogen functional groups attached to an aromatic ring is 1. The van der Waals surface area contributed by atoms with Gasteiger partial charge in [-0.1, -0.05) is 6.07 Å². The number of carbonyl (C=O) groups is 1. The zero-order valence-corrected chi connectivity index (χ0v) is 19.6. The average Bonchev–Trinajstić information content (AvgIpc) is 3.24. The Balaban J connectivity index is 1.33. The zero-order chi connectivity index (χ0) is 23.9. The molecule has 3 aromatic heterocycles. The van der Waals surface area contributed by atoms with Gasteiger partial charge in [-0.25, -0.2) is 9.97 Å². The largest absolute Gasteiger partial charge is 0.482 e. The van der Waals surface area contributed by atoms with Crippen molar-refractivity contribution in [3.05, 3.63) is 66.6 Å². The Kier molecular flexibility index (Phi) is 5.26. The number of rotatable bonds is 4. The lowest BCUT2D eigenvalue weighted by molar-refractivity contribution is -0.120. The van der Waals surface area contributed by atoms with Gasteiger partial charge in [-0.3, -0.25) is 9.69 Å². The van der Waals surface area contributed by atoms with E-state index in [4.69, 9.17) is 15.5 Å². The van der Waals surface area contributed by atoms with E-state index in [9.17, 15) is 4.79 Å². The molecule has 9 nitrogen and oxygen atoms in total. The fraction of sp³-hybridized carbons (Fsp3) is 0.269. The first-order valence-electron chi connectivity index (χ1n) is 11.8. The van der Waals surface area contributed by atoms with Crippen molar-refractivity contribution in [1.82, 2.24) is 19.3 Å². The van der Waals surface area contributed by atoms with E-state index in [-0.39, 0.29) is 12.5 Å². The molecule has 0 atom stereocenters. The van der Waals surface area contributed by atoms with Crippen molar-refractivity contribution >= 4 is 28.7 Å². The van der Waals surface area contributed by atoms with Gasteiger partial charge in [-0.05, 0) is 42.5 Å². The predicted molar refractivity (Wildman–Crippen MR) is 136 cm³/mol. The van der Waals surface area contributed by atoms with E-state index in [2.05, 4.69) is 25.3 Å². The summed E-state index contributed by atoms with van der Waals surface area (Å²) in [6, 6.07) is 15.8. The first-order chi connectivity index (χ1) is 17.1. The molecule has 35 heavy (non-hydrogen) atoms. The summed E-state index contributed by atoms with van der Waals surface area (Å²) >= 11 is 0. The third-order valence-electron chi connectivity index (χ3n) is 6.78. The minimum absolute atomic E-state index is 0.0617. The third-order valence-corrected chi connectivity index (χ3v) is 6.78.